The maximum absolute atomic E-state index is 12.7. The van der Waals surface area contributed by atoms with Gasteiger partial charge in [0.1, 0.15) is 12.1 Å². The Hall–Kier alpha value is -3.58. The smallest absolute Gasteiger partial charge is 0.255 e. The SMILES string of the molecule is O=C(Nc1ccccc1Oc1ccccc1)c1ccc(CSc2ncn[nH]2)cc1. The molecule has 1 amide bonds. The number of para-hydroxylation sites is 3. The highest BCUT2D eigenvalue weighted by molar-refractivity contribution is 7.98. The molecule has 0 aliphatic heterocycles. The Morgan fingerprint density at radius 3 is 2.48 bits per heavy atom. The molecule has 0 bridgehead atoms. The number of carbonyl (C=O) groups is 1. The molecule has 0 unspecified atom stereocenters. The third kappa shape index (κ3) is 5.03. The summed E-state index contributed by atoms with van der Waals surface area (Å²) >= 11 is 1.55. The number of anilines is 1. The Kier molecular flexibility index (Phi) is 5.87. The summed E-state index contributed by atoms with van der Waals surface area (Å²) < 4.78 is 5.90. The van der Waals surface area contributed by atoms with Gasteiger partial charge in [0.15, 0.2) is 10.9 Å². The van der Waals surface area contributed by atoms with Crippen molar-refractivity contribution in [1.29, 1.82) is 0 Å². The zero-order valence-corrected chi connectivity index (χ0v) is 16.2. The maximum atomic E-state index is 12.7. The topological polar surface area (TPSA) is 79.9 Å². The molecule has 144 valence electrons. The first-order valence-corrected chi connectivity index (χ1v) is 9.97. The average molecular weight is 402 g/mol. The molecule has 7 heteroatoms. The van der Waals surface area contributed by atoms with E-state index in [0.29, 0.717) is 22.7 Å². The molecule has 4 rings (SSSR count). The molecule has 6 nitrogen and oxygen atoms in total. The van der Waals surface area contributed by atoms with Gasteiger partial charge in [0.2, 0.25) is 0 Å². The van der Waals surface area contributed by atoms with Crippen molar-refractivity contribution in [2.24, 2.45) is 0 Å². The predicted octanol–water partition coefficient (Wildman–Crippen LogP) is 5.14. The van der Waals surface area contributed by atoms with Crippen molar-refractivity contribution in [2.45, 2.75) is 10.9 Å². The van der Waals surface area contributed by atoms with Crippen LogP contribution in [0.2, 0.25) is 0 Å². The van der Waals surface area contributed by atoms with Crippen molar-refractivity contribution in [1.82, 2.24) is 15.2 Å². The Bertz CT molecular complexity index is 1070. The molecule has 0 aliphatic carbocycles. The van der Waals surface area contributed by atoms with Gasteiger partial charge in [-0.3, -0.25) is 9.89 Å². The van der Waals surface area contributed by atoms with Gasteiger partial charge >= 0.3 is 0 Å². The van der Waals surface area contributed by atoms with Crippen LogP contribution in [-0.4, -0.2) is 21.1 Å². The van der Waals surface area contributed by atoms with Crippen LogP contribution in [0.1, 0.15) is 15.9 Å². The Morgan fingerprint density at radius 2 is 1.72 bits per heavy atom. The van der Waals surface area contributed by atoms with E-state index in [9.17, 15) is 4.79 Å². The summed E-state index contributed by atoms with van der Waals surface area (Å²) in [5.41, 5.74) is 2.29. The molecule has 0 fully saturated rings. The number of benzene rings is 3. The van der Waals surface area contributed by atoms with Crippen molar-refractivity contribution < 1.29 is 9.53 Å². The summed E-state index contributed by atoms with van der Waals surface area (Å²) in [4.78, 5) is 16.8. The van der Waals surface area contributed by atoms with Gasteiger partial charge in [-0.1, -0.05) is 54.2 Å². The number of carbonyl (C=O) groups excluding carboxylic acids is 1. The minimum absolute atomic E-state index is 0.191. The first kappa shape index (κ1) is 18.8. The number of aromatic amines is 1. The molecule has 29 heavy (non-hydrogen) atoms. The number of H-pyrrole nitrogens is 1. The maximum Gasteiger partial charge on any atom is 0.255 e. The van der Waals surface area contributed by atoms with Crippen molar-refractivity contribution >= 4 is 23.4 Å². The molecular formula is C22H18N4O2S. The number of ether oxygens (including phenoxy) is 1. The number of nitrogens with one attached hydrogen (secondary N) is 2. The van der Waals surface area contributed by atoms with E-state index in [1.165, 1.54) is 6.33 Å². The van der Waals surface area contributed by atoms with Gasteiger partial charge in [0.25, 0.3) is 5.91 Å². The van der Waals surface area contributed by atoms with Gasteiger partial charge in [-0.2, -0.15) is 5.10 Å². The minimum atomic E-state index is -0.191. The fourth-order valence-corrected chi connectivity index (χ4v) is 3.37. The summed E-state index contributed by atoms with van der Waals surface area (Å²) in [7, 11) is 0. The third-order valence-electron chi connectivity index (χ3n) is 4.09. The molecule has 0 aliphatic rings. The van der Waals surface area contributed by atoms with Crippen LogP contribution in [0.25, 0.3) is 0 Å². The molecule has 0 saturated heterocycles. The van der Waals surface area contributed by atoms with E-state index < -0.39 is 0 Å². The van der Waals surface area contributed by atoms with E-state index in [1.54, 1.807) is 11.8 Å². The third-order valence-corrected chi connectivity index (χ3v) is 5.04. The molecular weight excluding hydrogens is 384 g/mol. The standard InChI is InChI=1S/C22H18N4O2S/c27-21(17-12-10-16(11-13-17)14-29-22-23-15-24-26-22)25-19-8-4-5-9-20(19)28-18-6-2-1-3-7-18/h1-13,15H,14H2,(H,25,27)(H,23,24,26). The van der Waals surface area contributed by atoms with Crippen LogP contribution in [0.3, 0.4) is 0 Å². The van der Waals surface area contributed by atoms with E-state index in [1.807, 2.05) is 78.9 Å². The molecule has 4 aromatic rings. The van der Waals surface area contributed by atoms with Gasteiger partial charge in [-0.25, -0.2) is 4.98 Å². The highest BCUT2D eigenvalue weighted by Crippen LogP contribution is 2.29. The molecule has 1 heterocycles. The molecule has 1 aromatic heterocycles. The normalized spacial score (nSPS) is 10.5. The lowest BCUT2D eigenvalue weighted by atomic mass is 10.1. The highest BCUT2D eigenvalue weighted by Gasteiger charge is 2.11. The summed E-state index contributed by atoms with van der Waals surface area (Å²) in [6.45, 7) is 0. The molecule has 0 atom stereocenters. The molecule has 3 aromatic carbocycles. The lowest BCUT2D eigenvalue weighted by Crippen LogP contribution is -2.12. The fourth-order valence-electron chi connectivity index (χ4n) is 2.64. The van der Waals surface area contributed by atoms with Crippen LogP contribution in [0.15, 0.2) is 90.3 Å². The van der Waals surface area contributed by atoms with Crippen molar-refractivity contribution in [3.05, 3.63) is 96.3 Å². The number of hydrogen-bond acceptors (Lipinski definition) is 5. The fraction of sp³-hybridized carbons (Fsp3) is 0.0455. The van der Waals surface area contributed by atoms with E-state index in [4.69, 9.17) is 4.74 Å². The number of aromatic nitrogens is 3. The van der Waals surface area contributed by atoms with E-state index in [-0.39, 0.29) is 5.91 Å². The number of nitrogens with zero attached hydrogens (tertiary/aromatic N) is 2. The quantitative estimate of drug-likeness (QED) is 0.418. The lowest BCUT2D eigenvalue weighted by Gasteiger charge is -2.12. The van der Waals surface area contributed by atoms with Crippen LogP contribution in [0, 0.1) is 0 Å². The summed E-state index contributed by atoms with van der Waals surface area (Å²) in [5, 5.41) is 10.3. The first-order valence-electron chi connectivity index (χ1n) is 8.98. The Balaban J connectivity index is 1.41. The molecule has 0 spiro atoms. The van der Waals surface area contributed by atoms with E-state index in [0.717, 1.165) is 16.5 Å². The zero-order chi connectivity index (χ0) is 19.9. The molecule has 0 saturated carbocycles. The largest absolute Gasteiger partial charge is 0.455 e. The second kappa shape index (κ2) is 9.07. The van der Waals surface area contributed by atoms with Gasteiger partial charge in [-0.15, -0.1) is 0 Å². The highest BCUT2D eigenvalue weighted by atomic mass is 32.2. The summed E-state index contributed by atoms with van der Waals surface area (Å²) in [6.07, 6.45) is 1.48. The Morgan fingerprint density at radius 1 is 0.966 bits per heavy atom. The number of rotatable bonds is 7. The van der Waals surface area contributed by atoms with Crippen LogP contribution in [0.5, 0.6) is 11.5 Å². The van der Waals surface area contributed by atoms with E-state index >= 15 is 0 Å². The second-order valence-electron chi connectivity index (χ2n) is 6.14. The van der Waals surface area contributed by atoms with Gasteiger partial charge < -0.3 is 10.1 Å². The number of thioether (sulfide) groups is 1. The molecule has 0 radical (unpaired) electrons. The Labute approximate surface area is 172 Å². The van der Waals surface area contributed by atoms with Crippen molar-refractivity contribution in [2.75, 3.05) is 5.32 Å². The predicted molar refractivity (Wildman–Crippen MR) is 113 cm³/mol. The zero-order valence-electron chi connectivity index (χ0n) is 15.4. The minimum Gasteiger partial charge on any atom is -0.455 e. The summed E-state index contributed by atoms with van der Waals surface area (Å²) in [6, 6.07) is 24.3. The van der Waals surface area contributed by atoms with Crippen LogP contribution in [-0.2, 0) is 5.75 Å². The first-order chi connectivity index (χ1) is 14.3. The van der Waals surface area contributed by atoms with Gasteiger partial charge in [0, 0.05) is 11.3 Å². The van der Waals surface area contributed by atoms with Gasteiger partial charge in [0.05, 0.1) is 5.69 Å². The van der Waals surface area contributed by atoms with Crippen molar-refractivity contribution in [3.8, 4) is 11.5 Å². The second-order valence-corrected chi connectivity index (χ2v) is 7.11. The van der Waals surface area contributed by atoms with Crippen molar-refractivity contribution in [3.63, 3.8) is 0 Å². The van der Waals surface area contributed by atoms with E-state index in [2.05, 4.69) is 20.5 Å². The number of hydrogen-bond donors (Lipinski definition) is 2. The monoisotopic (exact) mass is 402 g/mol. The van der Waals surface area contributed by atoms with Crippen LogP contribution >= 0.6 is 11.8 Å². The molecule has 2 N–H and O–H groups in total. The number of amides is 1. The van der Waals surface area contributed by atoms with Crippen LogP contribution in [0.4, 0.5) is 5.69 Å². The summed E-state index contributed by atoms with van der Waals surface area (Å²) in [5.74, 6) is 1.85. The van der Waals surface area contributed by atoms with Gasteiger partial charge in [-0.05, 0) is 42.0 Å². The lowest BCUT2D eigenvalue weighted by molar-refractivity contribution is 0.102. The van der Waals surface area contributed by atoms with Crippen LogP contribution < -0.4 is 10.1 Å². The average Bonchev–Trinajstić information content (AvgIpc) is 3.28.